The minimum Gasteiger partial charge on any atom is -0.476 e. The largest absolute Gasteiger partial charge is 0.476 e. The number of benzene rings is 2. The summed E-state index contributed by atoms with van der Waals surface area (Å²) in [5.41, 5.74) is 4.99. The molecule has 0 atom stereocenters. The van der Waals surface area contributed by atoms with Gasteiger partial charge in [0.25, 0.3) is 0 Å². The number of fused-ring (bicyclic) bond motifs is 1. The first-order valence-corrected chi connectivity index (χ1v) is 11.0. The number of ether oxygens (including phenoxy) is 1. The van der Waals surface area contributed by atoms with E-state index in [0.29, 0.717) is 18.4 Å². The second-order valence-corrected chi connectivity index (χ2v) is 7.76. The fourth-order valence-corrected chi connectivity index (χ4v) is 3.90. The number of aromatic nitrogens is 2. The zero-order chi connectivity index (χ0) is 20.8. The number of piperidine rings is 1. The van der Waals surface area contributed by atoms with Crippen LogP contribution in [0.2, 0.25) is 0 Å². The van der Waals surface area contributed by atoms with Gasteiger partial charge in [0.05, 0.1) is 23.8 Å². The van der Waals surface area contributed by atoms with Crippen LogP contribution in [0.4, 0.5) is 17.1 Å². The van der Waals surface area contributed by atoms with Crippen LogP contribution in [0.1, 0.15) is 26.7 Å². The molecule has 30 heavy (non-hydrogen) atoms. The molecule has 0 spiro atoms. The number of hydrogen-bond donors (Lipinski definition) is 2. The predicted octanol–water partition coefficient (Wildman–Crippen LogP) is 4.60. The van der Waals surface area contributed by atoms with E-state index in [-0.39, 0.29) is 0 Å². The van der Waals surface area contributed by atoms with Crippen LogP contribution >= 0.6 is 0 Å². The van der Waals surface area contributed by atoms with Gasteiger partial charge in [-0.25, -0.2) is 9.97 Å². The summed E-state index contributed by atoms with van der Waals surface area (Å²) in [4.78, 5) is 11.5. The normalized spacial score (nSPS) is 14.6. The number of nitrogens with one attached hydrogen (secondary N) is 2. The van der Waals surface area contributed by atoms with Crippen molar-refractivity contribution in [2.45, 2.75) is 26.7 Å². The maximum atomic E-state index is 5.94. The molecule has 158 valence electrons. The highest BCUT2D eigenvalue weighted by atomic mass is 16.5. The number of hydrogen-bond acceptors (Lipinski definition) is 6. The first-order chi connectivity index (χ1) is 14.7. The second-order valence-electron chi connectivity index (χ2n) is 7.76. The van der Waals surface area contributed by atoms with Crippen molar-refractivity contribution in [3.63, 3.8) is 0 Å². The Morgan fingerprint density at radius 3 is 2.47 bits per heavy atom. The van der Waals surface area contributed by atoms with Crippen LogP contribution in [0.5, 0.6) is 5.88 Å². The van der Waals surface area contributed by atoms with Gasteiger partial charge >= 0.3 is 0 Å². The SMILES string of the molecule is CCN(CC)c1ccc(Nc2ccc3ncc(OCC4CCNCC4)nc3c2)cc1. The van der Waals surface area contributed by atoms with E-state index >= 15 is 0 Å². The topological polar surface area (TPSA) is 62.3 Å². The third-order valence-electron chi connectivity index (χ3n) is 5.73. The molecule has 0 amide bonds. The van der Waals surface area contributed by atoms with Crippen LogP contribution in [-0.2, 0) is 0 Å². The van der Waals surface area contributed by atoms with Crippen molar-refractivity contribution in [1.29, 1.82) is 0 Å². The molecule has 4 rings (SSSR count). The predicted molar refractivity (Wildman–Crippen MR) is 124 cm³/mol. The zero-order valence-electron chi connectivity index (χ0n) is 17.9. The molecule has 0 bridgehead atoms. The van der Waals surface area contributed by atoms with Gasteiger partial charge in [0.15, 0.2) is 0 Å². The minimum atomic E-state index is 0.594. The number of rotatable bonds is 8. The summed E-state index contributed by atoms with van der Waals surface area (Å²) >= 11 is 0. The molecule has 0 aliphatic carbocycles. The lowest BCUT2D eigenvalue weighted by molar-refractivity contribution is 0.209. The molecule has 2 heterocycles. The van der Waals surface area contributed by atoms with Gasteiger partial charge in [-0.05, 0) is 88.2 Å². The molecule has 0 radical (unpaired) electrons. The molecule has 1 fully saturated rings. The Balaban J connectivity index is 1.44. The molecule has 3 aromatic rings. The van der Waals surface area contributed by atoms with Gasteiger partial charge in [0.2, 0.25) is 5.88 Å². The van der Waals surface area contributed by atoms with Crippen LogP contribution in [-0.4, -0.2) is 42.8 Å². The Morgan fingerprint density at radius 1 is 1.00 bits per heavy atom. The van der Waals surface area contributed by atoms with E-state index in [2.05, 4.69) is 63.6 Å². The lowest BCUT2D eigenvalue weighted by Gasteiger charge is -2.22. The van der Waals surface area contributed by atoms with Crippen LogP contribution in [0.25, 0.3) is 11.0 Å². The van der Waals surface area contributed by atoms with E-state index in [9.17, 15) is 0 Å². The number of anilines is 3. The van der Waals surface area contributed by atoms with Gasteiger partial charge in [-0.3, -0.25) is 0 Å². The molecule has 1 saturated heterocycles. The highest BCUT2D eigenvalue weighted by Crippen LogP contribution is 2.24. The summed E-state index contributed by atoms with van der Waals surface area (Å²) in [7, 11) is 0. The fourth-order valence-electron chi connectivity index (χ4n) is 3.90. The number of nitrogens with zero attached hydrogens (tertiary/aromatic N) is 3. The summed E-state index contributed by atoms with van der Waals surface area (Å²) in [5, 5.41) is 6.85. The molecule has 1 aliphatic rings. The Bertz CT molecular complexity index is 949. The standard InChI is InChI=1S/C24H31N5O/c1-3-29(4-2)21-8-5-19(6-9-21)27-20-7-10-22-23(15-20)28-24(16-26-22)30-17-18-11-13-25-14-12-18/h5-10,15-16,18,25,27H,3-4,11-14,17H2,1-2H3. The summed E-state index contributed by atoms with van der Waals surface area (Å²) in [6.45, 7) is 9.22. The van der Waals surface area contributed by atoms with E-state index in [4.69, 9.17) is 4.74 Å². The zero-order valence-corrected chi connectivity index (χ0v) is 17.9. The van der Waals surface area contributed by atoms with Crippen molar-refractivity contribution < 1.29 is 4.74 Å². The van der Waals surface area contributed by atoms with Gasteiger partial charge in [-0.15, -0.1) is 0 Å². The summed E-state index contributed by atoms with van der Waals surface area (Å²) in [5.74, 6) is 1.19. The second kappa shape index (κ2) is 9.76. The van der Waals surface area contributed by atoms with E-state index in [1.165, 1.54) is 5.69 Å². The third-order valence-corrected chi connectivity index (χ3v) is 5.73. The summed E-state index contributed by atoms with van der Waals surface area (Å²) in [6.07, 6.45) is 4.03. The van der Waals surface area contributed by atoms with E-state index < -0.39 is 0 Å². The average Bonchev–Trinajstić information content (AvgIpc) is 2.80. The van der Waals surface area contributed by atoms with Gasteiger partial charge in [-0.2, -0.15) is 0 Å². The molecule has 1 aromatic heterocycles. The molecule has 0 saturated carbocycles. The monoisotopic (exact) mass is 405 g/mol. The lowest BCUT2D eigenvalue weighted by Crippen LogP contribution is -2.30. The smallest absolute Gasteiger partial charge is 0.232 e. The summed E-state index contributed by atoms with van der Waals surface area (Å²) < 4.78 is 5.94. The minimum absolute atomic E-state index is 0.594. The van der Waals surface area contributed by atoms with Gasteiger partial charge in [0.1, 0.15) is 0 Å². The molecule has 6 nitrogen and oxygen atoms in total. The maximum absolute atomic E-state index is 5.94. The average molecular weight is 406 g/mol. The molecule has 6 heteroatoms. The quantitative estimate of drug-likeness (QED) is 0.571. The van der Waals surface area contributed by atoms with Crippen molar-refractivity contribution in [2.24, 2.45) is 5.92 Å². The highest BCUT2D eigenvalue weighted by Gasteiger charge is 2.14. The van der Waals surface area contributed by atoms with Crippen molar-refractivity contribution in [3.05, 3.63) is 48.7 Å². The molecular formula is C24H31N5O. The Hall–Kier alpha value is -2.86. The first kappa shape index (κ1) is 20.4. The molecule has 2 aromatic carbocycles. The van der Waals surface area contributed by atoms with Crippen molar-refractivity contribution in [3.8, 4) is 5.88 Å². The Morgan fingerprint density at radius 2 is 1.73 bits per heavy atom. The molecule has 0 unspecified atom stereocenters. The maximum Gasteiger partial charge on any atom is 0.232 e. The van der Waals surface area contributed by atoms with E-state index in [1.54, 1.807) is 6.20 Å². The van der Waals surface area contributed by atoms with Crippen molar-refractivity contribution in [1.82, 2.24) is 15.3 Å². The first-order valence-electron chi connectivity index (χ1n) is 11.0. The highest BCUT2D eigenvalue weighted by molar-refractivity contribution is 5.80. The summed E-state index contributed by atoms with van der Waals surface area (Å²) in [6, 6.07) is 14.6. The lowest BCUT2D eigenvalue weighted by atomic mass is 9.99. The molecular weight excluding hydrogens is 374 g/mol. The van der Waals surface area contributed by atoms with E-state index in [0.717, 1.165) is 61.4 Å². The van der Waals surface area contributed by atoms with Crippen LogP contribution in [0, 0.1) is 5.92 Å². The fraction of sp³-hybridized carbons (Fsp3) is 0.417. The van der Waals surface area contributed by atoms with Gasteiger partial charge < -0.3 is 20.3 Å². The van der Waals surface area contributed by atoms with Crippen molar-refractivity contribution in [2.75, 3.05) is 43.0 Å². The Kier molecular flexibility index (Phi) is 6.64. The molecule has 2 N–H and O–H groups in total. The molecule has 1 aliphatic heterocycles. The van der Waals surface area contributed by atoms with Crippen molar-refractivity contribution >= 4 is 28.1 Å². The van der Waals surface area contributed by atoms with E-state index in [1.807, 2.05) is 18.2 Å². The van der Waals surface area contributed by atoms with Crippen LogP contribution in [0.3, 0.4) is 0 Å². The third kappa shape index (κ3) is 5.00. The Labute approximate surface area is 178 Å². The van der Waals surface area contributed by atoms with Gasteiger partial charge in [0, 0.05) is 30.2 Å². The van der Waals surface area contributed by atoms with Crippen LogP contribution in [0.15, 0.2) is 48.7 Å². The van der Waals surface area contributed by atoms with Crippen LogP contribution < -0.4 is 20.3 Å². The van der Waals surface area contributed by atoms with Gasteiger partial charge in [-0.1, -0.05) is 0 Å².